The van der Waals surface area contributed by atoms with Gasteiger partial charge in [-0.25, -0.2) is 0 Å². The highest BCUT2D eigenvalue weighted by atomic mass is 16.5. The smallest absolute Gasteiger partial charge is 0.294 e. The van der Waals surface area contributed by atoms with Crippen molar-refractivity contribution in [2.75, 3.05) is 7.11 Å². The molecule has 2 aromatic carbocycles. The van der Waals surface area contributed by atoms with Crippen LogP contribution >= 0.6 is 0 Å². The quantitative estimate of drug-likeness (QED) is 0.400. The first kappa shape index (κ1) is 11.3. The lowest BCUT2D eigenvalue weighted by Crippen LogP contribution is -2.39. The molecule has 0 aliphatic carbocycles. The van der Waals surface area contributed by atoms with E-state index in [4.69, 9.17) is 4.74 Å². The highest BCUT2D eigenvalue weighted by molar-refractivity contribution is 5.79. The molecule has 0 aliphatic heterocycles. The Morgan fingerprint density at radius 1 is 0.947 bits per heavy atom. The van der Waals surface area contributed by atoms with Gasteiger partial charge in [0.25, 0.3) is 22.1 Å². The molecule has 1 heterocycles. The van der Waals surface area contributed by atoms with Gasteiger partial charge in [0.05, 0.1) is 19.2 Å². The lowest BCUT2D eigenvalue weighted by molar-refractivity contribution is -0.591. The van der Waals surface area contributed by atoms with Gasteiger partial charge in [0, 0.05) is 12.1 Å². The normalized spacial score (nSPS) is 11.0. The molecule has 96 valence electrons. The monoisotopic (exact) mass is 258 g/mol. The van der Waals surface area contributed by atoms with E-state index >= 15 is 0 Å². The number of hydrogen-bond donors (Lipinski definition) is 1. The molecule has 0 saturated carbocycles. The number of phenols is 1. The first-order valence-electron chi connectivity index (χ1n) is 5.58. The van der Waals surface area contributed by atoms with E-state index in [0.29, 0.717) is 9.46 Å². The van der Waals surface area contributed by atoms with Crippen molar-refractivity contribution in [2.24, 2.45) is 0 Å². The molecule has 0 unspecified atom stereocenters. The van der Waals surface area contributed by atoms with Gasteiger partial charge in [0.15, 0.2) is 11.5 Å². The first-order chi connectivity index (χ1) is 9.13. The summed E-state index contributed by atoms with van der Waals surface area (Å²) in [4.78, 5) is 0. The van der Waals surface area contributed by atoms with Crippen molar-refractivity contribution in [3.63, 3.8) is 0 Å². The van der Waals surface area contributed by atoms with Gasteiger partial charge in [0.2, 0.25) is 0 Å². The predicted molar refractivity (Wildman–Crippen MR) is 67.6 cm³/mol. The van der Waals surface area contributed by atoms with Crippen molar-refractivity contribution in [1.29, 1.82) is 0 Å². The molecular formula is C13H10N2O4. The molecule has 6 nitrogen and oxygen atoms in total. The number of fused-ring (bicyclic) bond motifs is 2. The zero-order valence-electron chi connectivity index (χ0n) is 10.0. The van der Waals surface area contributed by atoms with Crippen molar-refractivity contribution in [2.45, 2.75) is 0 Å². The number of para-hydroxylation sites is 2. The van der Waals surface area contributed by atoms with Gasteiger partial charge in [-0.05, 0) is 0 Å². The average Bonchev–Trinajstić information content (AvgIpc) is 2.44. The molecule has 0 atom stereocenters. The minimum absolute atomic E-state index is 0.0898. The van der Waals surface area contributed by atoms with E-state index in [0.717, 1.165) is 0 Å². The lowest BCUT2D eigenvalue weighted by atomic mass is 10.2. The van der Waals surface area contributed by atoms with Gasteiger partial charge in [0.1, 0.15) is 0 Å². The molecular weight excluding hydrogens is 248 g/mol. The van der Waals surface area contributed by atoms with Crippen LogP contribution in [-0.4, -0.2) is 12.2 Å². The Labute approximate surface area is 107 Å². The number of ether oxygens (including phenoxy) is 1. The highest BCUT2D eigenvalue weighted by Crippen LogP contribution is 2.29. The lowest BCUT2D eigenvalue weighted by Gasteiger charge is -2.09. The van der Waals surface area contributed by atoms with Crippen LogP contribution in [0.15, 0.2) is 36.4 Å². The predicted octanol–water partition coefficient (Wildman–Crippen LogP) is 0.974. The maximum atomic E-state index is 12.2. The number of benzene rings is 2. The Morgan fingerprint density at radius 3 is 2.00 bits per heavy atom. The van der Waals surface area contributed by atoms with Crippen LogP contribution in [0.2, 0.25) is 0 Å². The molecule has 3 rings (SSSR count). The number of aromatic nitrogens is 2. The Hall–Kier alpha value is -2.76. The second kappa shape index (κ2) is 3.88. The molecule has 0 bridgehead atoms. The van der Waals surface area contributed by atoms with Crippen molar-refractivity contribution in [3.05, 3.63) is 46.8 Å². The van der Waals surface area contributed by atoms with Crippen LogP contribution in [0.1, 0.15) is 0 Å². The van der Waals surface area contributed by atoms with Gasteiger partial charge >= 0.3 is 0 Å². The summed E-state index contributed by atoms with van der Waals surface area (Å²) in [7, 11) is 1.38. The fraction of sp³-hybridized carbons (Fsp3) is 0.0769. The third kappa shape index (κ3) is 1.50. The Kier molecular flexibility index (Phi) is 2.31. The van der Waals surface area contributed by atoms with E-state index in [-0.39, 0.29) is 33.6 Å². The molecule has 6 heteroatoms. The minimum atomic E-state index is -0.185. The Bertz CT molecular complexity index is 802. The van der Waals surface area contributed by atoms with E-state index in [1.807, 2.05) is 0 Å². The van der Waals surface area contributed by atoms with Crippen molar-refractivity contribution >= 4 is 22.1 Å². The van der Waals surface area contributed by atoms with E-state index in [2.05, 4.69) is 0 Å². The van der Waals surface area contributed by atoms with Gasteiger partial charge in [-0.3, -0.25) is 0 Å². The van der Waals surface area contributed by atoms with Crippen molar-refractivity contribution in [1.82, 2.24) is 0 Å². The summed E-state index contributed by atoms with van der Waals surface area (Å²) in [6, 6.07) is 9.04. The fourth-order valence-corrected chi connectivity index (χ4v) is 2.10. The molecule has 1 N–H and O–H groups in total. The number of nitrogens with zero attached hydrogens (tertiary/aromatic N) is 2. The number of aromatic hydroxyl groups is 1. The van der Waals surface area contributed by atoms with Crippen molar-refractivity contribution in [3.8, 4) is 11.5 Å². The SMILES string of the molecule is COc1cc2c(cc1O)[n+]([O-])c1ccccc1[n+]2[O-]. The average molecular weight is 258 g/mol. The molecule has 0 aliphatic rings. The maximum Gasteiger partial charge on any atom is 0.294 e. The van der Waals surface area contributed by atoms with E-state index in [1.165, 1.54) is 19.2 Å². The summed E-state index contributed by atoms with van der Waals surface area (Å²) >= 11 is 0. The van der Waals surface area contributed by atoms with Gasteiger partial charge in [-0.2, -0.15) is 9.46 Å². The zero-order chi connectivity index (χ0) is 13.6. The number of methoxy groups -OCH3 is 1. The summed E-state index contributed by atoms with van der Waals surface area (Å²) in [6.45, 7) is 0. The second-order valence-electron chi connectivity index (χ2n) is 4.09. The number of hydrogen-bond acceptors (Lipinski definition) is 4. The summed E-state index contributed by atoms with van der Waals surface area (Å²) < 4.78 is 6.22. The van der Waals surface area contributed by atoms with E-state index in [9.17, 15) is 15.5 Å². The van der Waals surface area contributed by atoms with E-state index < -0.39 is 0 Å². The number of phenolic OH excluding ortho intramolecular Hbond substituents is 1. The zero-order valence-corrected chi connectivity index (χ0v) is 10.0. The van der Waals surface area contributed by atoms with Crippen LogP contribution in [-0.2, 0) is 0 Å². The fourth-order valence-electron chi connectivity index (χ4n) is 2.10. The maximum absolute atomic E-state index is 12.2. The first-order valence-corrected chi connectivity index (χ1v) is 5.58. The van der Waals surface area contributed by atoms with Crippen LogP contribution in [0, 0.1) is 10.4 Å². The van der Waals surface area contributed by atoms with Gasteiger partial charge in [-0.1, -0.05) is 12.1 Å². The van der Waals surface area contributed by atoms with Gasteiger partial charge < -0.3 is 20.3 Å². The summed E-state index contributed by atoms with van der Waals surface area (Å²) in [5.74, 6) is -0.0396. The molecule has 0 radical (unpaired) electrons. The standard InChI is InChI=1S/C13H10N2O4/c1-19-13-7-11-10(6-12(13)16)14(17)8-4-2-3-5-9(8)15(11)18/h2-7,16H,1H3. The highest BCUT2D eigenvalue weighted by Gasteiger charge is 2.23. The van der Waals surface area contributed by atoms with Crippen LogP contribution in [0.25, 0.3) is 22.1 Å². The topological polar surface area (TPSA) is 83.3 Å². The molecule has 0 saturated heterocycles. The summed E-state index contributed by atoms with van der Waals surface area (Å²) in [5, 5.41) is 34.2. The third-order valence-corrected chi connectivity index (χ3v) is 3.03. The largest absolute Gasteiger partial charge is 0.617 e. The molecule has 1 aromatic heterocycles. The molecule has 0 spiro atoms. The minimum Gasteiger partial charge on any atom is -0.617 e. The molecule has 19 heavy (non-hydrogen) atoms. The summed E-state index contributed by atoms with van der Waals surface area (Å²) in [5.41, 5.74) is 0.739. The van der Waals surface area contributed by atoms with Crippen LogP contribution in [0.5, 0.6) is 11.5 Å². The number of rotatable bonds is 1. The third-order valence-electron chi connectivity index (χ3n) is 3.03. The summed E-state index contributed by atoms with van der Waals surface area (Å²) in [6.07, 6.45) is 0. The van der Waals surface area contributed by atoms with Gasteiger partial charge in [-0.15, -0.1) is 0 Å². The Morgan fingerprint density at radius 2 is 1.47 bits per heavy atom. The molecule has 0 amide bonds. The van der Waals surface area contributed by atoms with Crippen LogP contribution in [0.3, 0.4) is 0 Å². The van der Waals surface area contributed by atoms with Crippen LogP contribution in [0.4, 0.5) is 0 Å². The molecule has 0 fully saturated rings. The van der Waals surface area contributed by atoms with E-state index in [1.54, 1.807) is 24.3 Å². The van der Waals surface area contributed by atoms with Crippen LogP contribution < -0.4 is 14.2 Å². The van der Waals surface area contributed by atoms with Crippen molar-refractivity contribution < 1.29 is 19.3 Å². The second-order valence-corrected chi connectivity index (χ2v) is 4.09. The molecule has 3 aromatic rings. The Balaban J connectivity index is 2.56.